The number of fused-ring (bicyclic) bond motifs is 1. The topological polar surface area (TPSA) is 108 Å². The van der Waals surface area contributed by atoms with Crippen LogP contribution in [0, 0.1) is 0 Å². The molecule has 1 saturated heterocycles. The predicted octanol–water partition coefficient (Wildman–Crippen LogP) is -1.11. The summed E-state index contributed by atoms with van der Waals surface area (Å²) in [5, 5.41) is 28.5. The number of hydrogen-bond donors (Lipinski definition) is 3. The molecule has 4 atom stereocenters. The number of aliphatic hydroxyl groups excluding tert-OH is 3. The fraction of sp³-hybridized carbons (Fsp3) is 0.545. The molecule has 3 heterocycles. The first-order valence-electron chi connectivity index (χ1n) is 5.71. The van der Waals surface area contributed by atoms with Gasteiger partial charge >= 0.3 is 0 Å². The lowest BCUT2D eigenvalue weighted by Crippen LogP contribution is -2.32. The van der Waals surface area contributed by atoms with Crippen LogP contribution in [0.15, 0.2) is 11.2 Å². The van der Waals surface area contributed by atoms with E-state index in [2.05, 4.69) is 15.0 Å². The molecule has 0 bridgehead atoms. The number of nitrogens with zero attached hydrogens (tertiary/aromatic N) is 3. The van der Waals surface area contributed by atoms with Gasteiger partial charge in [0.2, 0.25) is 0 Å². The number of aromatic nitrogens is 2. The molecule has 2 aliphatic heterocycles. The van der Waals surface area contributed by atoms with Gasteiger partial charge in [0.15, 0.2) is 11.6 Å². The second-order valence-electron chi connectivity index (χ2n) is 4.35. The van der Waals surface area contributed by atoms with Crippen LogP contribution in [0.5, 0.6) is 0 Å². The summed E-state index contributed by atoms with van der Waals surface area (Å²) in [6.45, 7) is -0.363. The van der Waals surface area contributed by atoms with E-state index in [9.17, 15) is 10.2 Å². The molecule has 7 nitrogen and oxygen atoms in total. The van der Waals surface area contributed by atoms with Gasteiger partial charge in [-0.15, -0.1) is 0 Å². The zero-order valence-electron chi connectivity index (χ0n) is 9.47. The molecule has 96 valence electrons. The summed E-state index contributed by atoms with van der Waals surface area (Å²) in [4.78, 5) is 12.4. The zero-order chi connectivity index (χ0) is 12.7. The monoisotopic (exact) mass is 251 g/mol. The molecular formula is C11H13N3O4. The first-order valence-corrected chi connectivity index (χ1v) is 5.71. The van der Waals surface area contributed by atoms with Gasteiger partial charge in [-0.1, -0.05) is 0 Å². The fourth-order valence-corrected chi connectivity index (χ4v) is 2.15. The van der Waals surface area contributed by atoms with Gasteiger partial charge < -0.3 is 20.1 Å². The van der Waals surface area contributed by atoms with Gasteiger partial charge in [0.05, 0.1) is 6.61 Å². The number of aliphatic imine (C=N–C) groups is 1. The summed E-state index contributed by atoms with van der Waals surface area (Å²) >= 11 is 0. The minimum atomic E-state index is -1.15. The maximum Gasteiger partial charge on any atom is 0.162 e. The van der Waals surface area contributed by atoms with E-state index in [0.717, 1.165) is 5.56 Å². The summed E-state index contributed by atoms with van der Waals surface area (Å²) in [5.41, 5.74) is 0.922. The Morgan fingerprint density at radius 2 is 2.17 bits per heavy atom. The molecule has 0 radical (unpaired) electrons. The second kappa shape index (κ2) is 4.36. The molecule has 1 aromatic heterocycles. The first kappa shape index (κ1) is 11.7. The van der Waals surface area contributed by atoms with Gasteiger partial charge in [-0.2, -0.15) is 0 Å². The van der Waals surface area contributed by atoms with Crippen molar-refractivity contribution in [1.29, 1.82) is 0 Å². The standard InChI is InChI=1S/C11H13N3O4/c15-4-6-7(16)8(17)9(18-6)11-13-3-5-1-2-12-10(5)14-11/h2-3,6-9,15-17H,1,4H2/t6-,7-,8-,9?/m1/s1. The van der Waals surface area contributed by atoms with E-state index in [0.29, 0.717) is 12.2 Å². The lowest BCUT2D eigenvalue weighted by atomic mass is 10.1. The molecule has 1 fully saturated rings. The molecule has 0 saturated carbocycles. The molecule has 3 N–H and O–H groups in total. The molecule has 2 aliphatic rings. The van der Waals surface area contributed by atoms with Crippen LogP contribution < -0.4 is 0 Å². The second-order valence-corrected chi connectivity index (χ2v) is 4.35. The Kier molecular flexibility index (Phi) is 2.83. The molecule has 1 aromatic rings. The Hall–Kier alpha value is -1.41. The SMILES string of the molecule is OC[C@H]1OC(c2ncc3c(n2)N=CC3)[C@H](O)[C@@H]1O. The summed E-state index contributed by atoms with van der Waals surface area (Å²) in [5.74, 6) is 0.841. The molecule has 0 amide bonds. The summed E-state index contributed by atoms with van der Waals surface area (Å²) in [7, 11) is 0. The van der Waals surface area contributed by atoms with Crippen molar-refractivity contribution in [1.82, 2.24) is 9.97 Å². The van der Waals surface area contributed by atoms with Gasteiger partial charge in [0.1, 0.15) is 24.4 Å². The highest BCUT2D eigenvalue weighted by Crippen LogP contribution is 2.33. The average Bonchev–Trinajstić information content (AvgIpc) is 2.95. The van der Waals surface area contributed by atoms with Crippen LogP contribution in [0.3, 0.4) is 0 Å². The van der Waals surface area contributed by atoms with Crippen LogP contribution in [0.2, 0.25) is 0 Å². The zero-order valence-corrected chi connectivity index (χ0v) is 9.47. The molecular weight excluding hydrogens is 238 g/mol. The highest BCUT2D eigenvalue weighted by atomic mass is 16.6. The largest absolute Gasteiger partial charge is 0.394 e. The van der Waals surface area contributed by atoms with Crippen molar-refractivity contribution < 1.29 is 20.1 Å². The normalized spacial score (nSPS) is 33.9. The molecule has 0 aliphatic carbocycles. The fourth-order valence-electron chi connectivity index (χ4n) is 2.15. The highest BCUT2D eigenvalue weighted by molar-refractivity contribution is 5.73. The van der Waals surface area contributed by atoms with E-state index in [1.807, 2.05) is 0 Å². The maximum atomic E-state index is 9.86. The van der Waals surface area contributed by atoms with E-state index in [1.165, 1.54) is 0 Å². The molecule has 3 rings (SSSR count). The van der Waals surface area contributed by atoms with Crippen LogP contribution >= 0.6 is 0 Å². The Morgan fingerprint density at radius 1 is 1.33 bits per heavy atom. The van der Waals surface area contributed by atoms with E-state index >= 15 is 0 Å². The van der Waals surface area contributed by atoms with Crippen LogP contribution in [0.25, 0.3) is 0 Å². The third-order valence-corrected chi connectivity index (χ3v) is 3.18. The van der Waals surface area contributed by atoms with Crippen molar-refractivity contribution in [3.05, 3.63) is 17.6 Å². The lowest BCUT2D eigenvalue weighted by molar-refractivity contribution is -0.0252. The molecule has 1 unspecified atom stereocenters. The van der Waals surface area contributed by atoms with Gasteiger partial charge in [-0.25, -0.2) is 15.0 Å². The van der Waals surface area contributed by atoms with E-state index in [-0.39, 0.29) is 12.4 Å². The van der Waals surface area contributed by atoms with Crippen molar-refractivity contribution in [3.63, 3.8) is 0 Å². The number of hydrogen-bond acceptors (Lipinski definition) is 7. The summed E-state index contributed by atoms with van der Waals surface area (Å²) in [6, 6.07) is 0. The van der Waals surface area contributed by atoms with Gasteiger partial charge in [-0.3, -0.25) is 0 Å². The van der Waals surface area contributed by atoms with Crippen LogP contribution in [-0.2, 0) is 11.2 Å². The first-order chi connectivity index (χ1) is 8.70. The van der Waals surface area contributed by atoms with Crippen molar-refractivity contribution >= 4 is 12.0 Å². The van der Waals surface area contributed by atoms with Crippen LogP contribution in [-0.4, -0.2) is 56.4 Å². The Bertz CT molecular complexity index is 493. The van der Waals surface area contributed by atoms with Crippen molar-refractivity contribution in [3.8, 4) is 0 Å². The third-order valence-electron chi connectivity index (χ3n) is 3.18. The highest BCUT2D eigenvalue weighted by Gasteiger charge is 2.44. The Labute approximate surface area is 103 Å². The Balaban J connectivity index is 1.89. The molecule has 0 spiro atoms. The summed E-state index contributed by atoms with van der Waals surface area (Å²) in [6.07, 6.45) is 0.139. The maximum absolute atomic E-state index is 9.86. The predicted molar refractivity (Wildman–Crippen MR) is 60.6 cm³/mol. The number of ether oxygens (including phenoxy) is 1. The van der Waals surface area contributed by atoms with E-state index in [1.54, 1.807) is 12.4 Å². The Morgan fingerprint density at radius 3 is 2.89 bits per heavy atom. The lowest BCUT2D eigenvalue weighted by Gasteiger charge is -2.13. The van der Waals surface area contributed by atoms with Crippen LogP contribution in [0.4, 0.5) is 5.82 Å². The average molecular weight is 251 g/mol. The van der Waals surface area contributed by atoms with Crippen molar-refractivity contribution in [2.24, 2.45) is 4.99 Å². The van der Waals surface area contributed by atoms with Crippen molar-refractivity contribution in [2.75, 3.05) is 6.61 Å². The van der Waals surface area contributed by atoms with E-state index in [4.69, 9.17) is 9.84 Å². The molecule has 7 heteroatoms. The van der Waals surface area contributed by atoms with Gasteiger partial charge in [0, 0.05) is 24.4 Å². The minimum absolute atomic E-state index is 0.273. The quantitative estimate of drug-likeness (QED) is 0.615. The summed E-state index contributed by atoms with van der Waals surface area (Å²) < 4.78 is 5.35. The van der Waals surface area contributed by atoms with Crippen LogP contribution in [0.1, 0.15) is 17.5 Å². The minimum Gasteiger partial charge on any atom is -0.394 e. The smallest absolute Gasteiger partial charge is 0.162 e. The van der Waals surface area contributed by atoms with E-state index < -0.39 is 24.4 Å². The van der Waals surface area contributed by atoms with Gasteiger partial charge in [-0.05, 0) is 0 Å². The van der Waals surface area contributed by atoms with Gasteiger partial charge in [0.25, 0.3) is 0 Å². The molecule has 18 heavy (non-hydrogen) atoms. The van der Waals surface area contributed by atoms with Crippen molar-refractivity contribution in [2.45, 2.75) is 30.8 Å². The number of rotatable bonds is 2. The third kappa shape index (κ3) is 1.72. The molecule has 0 aromatic carbocycles. The number of aliphatic hydroxyl groups is 3.